The van der Waals surface area contributed by atoms with Crippen molar-refractivity contribution in [3.63, 3.8) is 0 Å². The minimum atomic E-state index is 0.222. The van der Waals surface area contributed by atoms with E-state index < -0.39 is 0 Å². The molecule has 2 heteroatoms. The van der Waals surface area contributed by atoms with Crippen LogP contribution in [-0.4, -0.2) is 48.1 Å². The Morgan fingerprint density at radius 2 is 1.29 bits per heavy atom. The molecule has 0 aliphatic carbocycles. The molecule has 0 amide bonds. The van der Waals surface area contributed by atoms with E-state index in [1.54, 1.807) is 0 Å². The van der Waals surface area contributed by atoms with Crippen molar-refractivity contribution in [1.82, 2.24) is 9.80 Å². The van der Waals surface area contributed by atoms with Gasteiger partial charge in [0.2, 0.25) is 0 Å². The predicted molar refractivity (Wildman–Crippen MR) is 97.0 cm³/mol. The van der Waals surface area contributed by atoms with Crippen LogP contribution in [0.25, 0.3) is 0 Å². The third kappa shape index (κ3) is 5.56. The molecule has 0 spiro atoms. The molecule has 0 aliphatic rings. The molecule has 0 aromatic carbocycles. The Kier molecular flexibility index (Phi) is 7.94. The Labute approximate surface area is 135 Å². The smallest absolute Gasteiger partial charge is 0.0201 e. The molecule has 0 aliphatic heterocycles. The molecule has 128 valence electrons. The van der Waals surface area contributed by atoms with Gasteiger partial charge in [0, 0.05) is 17.6 Å². The molecule has 2 nitrogen and oxygen atoms in total. The van der Waals surface area contributed by atoms with Crippen LogP contribution in [0.2, 0.25) is 0 Å². The van der Waals surface area contributed by atoms with Crippen molar-refractivity contribution in [2.24, 2.45) is 5.41 Å². The van der Waals surface area contributed by atoms with Crippen LogP contribution in [-0.2, 0) is 0 Å². The van der Waals surface area contributed by atoms with Gasteiger partial charge in [0.1, 0.15) is 0 Å². The van der Waals surface area contributed by atoms with Crippen molar-refractivity contribution >= 4 is 0 Å². The van der Waals surface area contributed by atoms with Crippen LogP contribution >= 0.6 is 0 Å². The van der Waals surface area contributed by atoms with Crippen molar-refractivity contribution < 1.29 is 0 Å². The molecular weight excluding hydrogens is 256 g/mol. The van der Waals surface area contributed by atoms with E-state index in [0.717, 1.165) is 6.54 Å². The molecule has 0 atom stereocenters. The highest BCUT2D eigenvalue weighted by molar-refractivity contribution is 4.94. The fourth-order valence-corrected chi connectivity index (χ4v) is 2.56. The lowest BCUT2D eigenvalue weighted by Gasteiger charge is -2.49. The summed E-state index contributed by atoms with van der Waals surface area (Å²) < 4.78 is 0. The van der Waals surface area contributed by atoms with Gasteiger partial charge in [0.15, 0.2) is 0 Å². The second-order valence-electron chi connectivity index (χ2n) is 8.56. The normalized spacial score (nSPS) is 14.3. The highest BCUT2D eigenvalue weighted by Gasteiger charge is 2.39. The first-order chi connectivity index (χ1) is 9.42. The molecule has 0 saturated carbocycles. The molecule has 0 aromatic rings. The number of hydrogen-bond acceptors (Lipinski definition) is 2. The maximum Gasteiger partial charge on any atom is 0.0201 e. The second kappa shape index (κ2) is 7.97. The van der Waals surface area contributed by atoms with Gasteiger partial charge >= 0.3 is 0 Å². The van der Waals surface area contributed by atoms with Gasteiger partial charge in [0.25, 0.3) is 0 Å². The molecular formula is C19H42N2. The lowest BCUT2D eigenvalue weighted by Crippen LogP contribution is -2.54. The quantitative estimate of drug-likeness (QED) is 0.558. The van der Waals surface area contributed by atoms with E-state index in [1.165, 1.54) is 32.2 Å². The fraction of sp³-hybridized carbons (Fsp3) is 1.00. The Hall–Kier alpha value is -0.0800. The molecule has 0 radical (unpaired) electrons. The summed E-state index contributed by atoms with van der Waals surface area (Å²) in [6.45, 7) is 21.3. The van der Waals surface area contributed by atoms with Gasteiger partial charge in [-0.2, -0.15) is 0 Å². The first-order valence-electron chi connectivity index (χ1n) is 8.85. The number of rotatable bonds is 10. The van der Waals surface area contributed by atoms with Gasteiger partial charge in [-0.15, -0.1) is 0 Å². The van der Waals surface area contributed by atoms with E-state index in [2.05, 4.69) is 79.3 Å². The van der Waals surface area contributed by atoms with E-state index in [9.17, 15) is 0 Å². The van der Waals surface area contributed by atoms with E-state index >= 15 is 0 Å². The van der Waals surface area contributed by atoms with Crippen molar-refractivity contribution in [2.45, 2.75) is 92.2 Å². The van der Waals surface area contributed by atoms with Crippen LogP contribution in [0.1, 0.15) is 81.1 Å². The van der Waals surface area contributed by atoms with Crippen LogP contribution < -0.4 is 0 Å². The van der Waals surface area contributed by atoms with Crippen LogP contribution in [0, 0.1) is 5.41 Å². The zero-order valence-electron chi connectivity index (χ0n) is 16.6. The Bertz CT molecular complexity index is 292. The van der Waals surface area contributed by atoms with Gasteiger partial charge in [0.05, 0.1) is 0 Å². The largest absolute Gasteiger partial charge is 0.301 e. The lowest BCUT2D eigenvalue weighted by atomic mass is 9.71. The SMILES string of the molecule is CCCCN(C)C(C)(C)CCN(C)C(C)(C)C(C)(C)CC. The van der Waals surface area contributed by atoms with Crippen LogP contribution in [0.3, 0.4) is 0 Å². The first kappa shape index (κ1) is 20.9. The monoisotopic (exact) mass is 298 g/mol. The van der Waals surface area contributed by atoms with Crippen molar-refractivity contribution in [3.8, 4) is 0 Å². The zero-order chi connectivity index (χ0) is 16.9. The molecule has 0 unspecified atom stereocenters. The lowest BCUT2D eigenvalue weighted by molar-refractivity contribution is 0.0153. The van der Waals surface area contributed by atoms with E-state index in [1.807, 2.05) is 0 Å². The fourth-order valence-electron chi connectivity index (χ4n) is 2.56. The average molecular weight is 299 g/mol. The molecule has 0 fully saturated rings. The summed E-state index contributed by atoms with van der Waals surface area (Å²) in [6.07, 6.45) is 5.00. The van der Waals surface area contributed by atoms with Gasteiger partial charge in [-0.3, -0.25) is 0 Å². The van der Waals surface area contributed by atoms with Gasteiger partial charge in [-0.05, 0) is 73.0 Å². The summed E-state index contributed by atoms with van der Waals surface area (Å²) in [6, 6.07) is 0. The molecule has 0 rings (SSSR count). The van der Waals surface area contributed by atoms with Gasteiger partial charge in [-0.25, -0.2) is 0 Å². The van der Waals surface area contributed by atoms with E-state index in [4.69, 9.17) is 0 Å². The highest BCUT2D eigenvalue weighted by Crippen LogP contribution is 2.38. The summed E-state index contributed by atoms with van der Waals surface area (Å²) in [4.78, 5) is 5.09. The number of nitrogens with zero attached hydrogens (tertiary/aromatic N) is 2. The molecule has 21 heavy (non-hydrogen) atoms. The minimum Gasteiger partial charge on any atom is -0.301 e. The number of unbranched alkanes of at least 4 members (excludes halogenated alkanes) is 1. The summed E-state index contributed by atoms with van der Waals surface area (Å²) >= 11 is 0. The topological polar surface area (TPSA) is 6.48 Å². The third-order valence-electron chi connectivity index (χ3n) is 6.43. The Morgan fingerprint density at radius 3 is 1.71 bits per heavy atom. The van der Waals surface area contributed by atoms with Crippen molar-refractivity contribution in [2.75, 3.05) is 27.2 Å². The number of hydrogen-bond donors (Lipinski definition) is 0. The van der Waals surface area contributed by atoms with Gasteiger partial charge in [-0.1, -0.05) is 34.1 Å². The molecule has 0 aromatic heterocycles. The van der Waals surface area contributed by atoms with Crippen LogP contribution in [0.15, 0.2) is 0 Å². The van der Waals surface area contributed by atoms with Crippen molar-refractivity contribution in [3.05, 3.63) is 0 Å². The standard InChI is InChI=1S/C19H42N2/c1-11-13-15-20(9)18(5,6)14-16-21(10)19(7,8)17(3,4)12-2/h11-16H2,1-10H3. The summed E-state index contributed by atoms with van der Waals surface area (Å²) in [5.41, 5.74) is 0.829. The second-order valence-corrected chi connectivity index (χ2v) is 8.56. The summed E-state index contributed by atoms with van der Waals surface area (Å²) in [5.74, 6) is 0. The Balaban J connectivity index is 4.63. The Morgan fingerprint density at radius 1 is 0.762 bits per heavy atom. The van der Waals surface area contributed by atoms with Gasteiger partial charge < -0.3 is 9.80 Å². The summed E-state index contributed by atoms with van der Waals surface area (Å²) in [5, 5.41) is 0. The van der Waals surface area contributed by atoms with E-state index in [0.29, 0.717) is 5.41 Å². The minimum absolute atomic E-state index is 0.222. The molecule has 0 N–H and O–H groups in total. The molecule has 0 heterocycles. The highest BCUT2D eigenvalue weighted by atomic mass is 15.2. The maximum absolute atomic E-state index is 2.56. The third-order valence-corrected chi connectivity index (χ3v) is 6.43. The average Bonchev–Trinajstić information content (AvgIpc) is 2.41. The molecule has 0 saturated heterocycles. The first-order valence-corrected chi connectivity index (χ1v) is 8.85. The zero-order valence-corrected chi connectivity index (χ0v) is 16.6. The summed E-state index contributed by atoms with van der Waals surface area (Å²) in [7, 11) is 4.57. The molecule has 0 bridgehead atoms. The maximum atomic E-state index is 2.56. The predicted octanol–water partition coefficient (Wildman–Crippen LogP) is 5.03. The van der Waals surface area contributed by atoms with Crippen LogP contribution in [0.5, 0.6) is 0 Å². The van der Waals surface area contributed by atoms with E-state index in [-0.39, 0.29) is 11.1 Å². The van der Waals surface area contributed by atoms with Crippen LogP contribution in [0.4, 0.5) is 0 Å². The van der Waals surface area contributed by atoms with Crippen molar-refractivity contribution in [1.29, 1.82) is 0 Å².